The summed E-state index contributed by atoms with van der Waals surface area (Å²) in [6.45, 7) is -1.10. The van der Waals surface area contributed by atoms with Gasteiger partial charge in [0.25, 0.3) is 0 Å². The highest BCUT2D eigenvalue weighted by Gasteiger charge is 2.63. The SMILES string of the molecule is O=C(OCCC(C(F)(F)F)C(F)(F)S(=O)(=O)O)C1C2c3ccccc3C(c3ccccc32)C1COc1c(I)cc(I)cc1I. The van der Waals surface area contributed by atoms with Crippen LogP contribution in [-0.2, 0) is 19.6 Å². The van der Waals surface area contributed by atoms with Gasteiger partial charge in [-0.25, -0.2) is 0 Å². The Labute approximate surface area is 290 Å². The van der Waals surface area contributed by atoms with Gasteiger partial charge in [0.1, 0.15) is 11.7 Å². The Morgan fingerprint density at radius 2 is 1.34 bits per heavy atom. The van der Waals surface area contributed by atoms with Gasteiger partial charge in [0.15, 0.2) is 0 Å². The lowest BCUT2D eigenvalue weighted by atomic mass is 9.54. The van der Waals surface area contributed by atoms with Gasteiger partial charge in [-0.1, -0.05) is 48.5 Å². The first kappa shape index (κ1) is 34.0. The van der Waals surface area contributed by atoms with E-state index in [2.05, 4.69) is 67.8 Å². The third kappa shape index (κ3) is 6.32. The molecule has 3 aliphatic rings. The van der Waals surface area contributed by atoms with E-state index in [1.165, 1.54) is 0 Å². The fourth-order valence-corrected chi connectivity index (χ4v) is 10.7. The van der Waals surface area contributed by atoms with Crippen LogP contribution in [0.15, 0.2) is 60.7 Å². The second-order valence-electron chi connectivity index (χ2n) is 10.5. The predicted molar refractivity (Wildman–Crippen MR) is 175 cm³/mol. The molecule has 0 amide bonds. The number of carbonyl (C=O) groups excluding carboxylic acids is 1. The fraction of sp³-hybridized carbons (Fsp3) is 0.345. The van der Waals surface area contributed by atoms with E-state index in [4.69, 9.17) is 14.0 Å². The summed E-state index contributed by atoms with van der Waals surface area (Å²) in [6, 6.07) is 18.9. The highest BCUT2D eigenvalue weighted by atomic mass is 127. The number of hydrogen-bond donors (Lipinski definition) is 1. The van der Waals surface area contributed by atoms with Crippen molar-refractivity contribution >= 4 is 83.9 Å². The van der Waals surface area contributed by atoms with Gasteiger partial charge in [0, 0.05) is 27.7 Å². The fourth-order valence-electron chi connectivity index (χ4n) is 6.23. The van der Waals surface area contributed by atoms with E-state index in [0.717, 1.165) is 33.0 Å². The molecule has 0 fully saturated rings. The topological polar surface area (TPSA) is 89.9 Å². The van der Waals surface area contributed by atoms with Crippen LogP contribution in [0.5, 0.6) is 5.75 Å². The zero-order valence-electron chi connectivity index (χ0n) is 22.2. The van der Waals surface area contributed by atoms with Gasteiger partial charge in [-0.15, -0.1) is 0 Å². The van der Waals surface area contributed by atoms with E-state index in [1.807, 2.05) is 60.7 Å². The smallest absolute Gasteiger partial charge is 0.398 e. The Kier molecular flexibility index (Phi) is 9.83. The third-order valence-electron chi connectivity index (χ3n) is 8.03. The van der Waals surface area contributed by atoms with Crippen LogP contribution >= 0.6 is 67.8 Å². The summed E-state index contributed by atoms with van der Waals surface area (Å²) in [5.41, 5.74) is 3.65. The molecule has 236 valence electrons. The van der Waals surface area contributed by atoms with E-state index >= 15 is 0 Å². The molecule has 3 aromatic rings. The Balaban J connectivity index is 1.48. The first-order valence-corrected chi connectivity index (χ1v) is 17.7. The van der Waals surface area contributed by atoms with Gasteiger partial charge in [-0.2, -0.15) is 30.4 Å². The monoisotopic (exact) mass is 974 g/mol. The van der Waals surface area contributed by atoms with Crippen LogP contribution in [0.4, 0.5) is 22.0 Å². The molecule has 3 aromatic carbocycles. The van der Waals surface area contributed by atoms with Crippen LogP contribution in [0.25, 0.3) is 0 Å². The van der Waals surface area contributed by atoms with Crippen LogP contribution in [0.3, 0.4) is 0 Å². The zero-order valence-corrected chi connectivity index (χ0v) is 29.5. The normalized spacial score (nSPS) is 21.8. The molecule has 0 spiro atoms. The Morgan fingerprint density at radius 3 is 1.80 bits per heavy atom. The lowest BCUT2D eigenvalue weighted by Crippen LogP contribution is -2.47. The summed E-state index contributed by atoms with van der Waals surface area (Å²) in [6.07, 6.45) is -7.28. The number of benzene rings is 3. The molecule has 0 heterocycles. The average Bonchev–Trinajstić information content (AvgIpc) is 2.93. The molecule has 0 saturated carbocycles. The van der Waals surface area contributed by atoms with Gasteiger partial charge in [-0.05, 0) is 102 Å². The van der Waals surface area contributed by atoms with E-state index in [-0.39, 0.29) is 12.5 Å². The molecule has 3 atom stereocenters. The quantitative estimate of drug-likeness (QED) is 0.101. The van der Waals surface area contributed by atoms with Crippen LogP contribution in [0.1, 0.15) is 40.5 Å². The van der Waals surface area contributed by atoms with Crippen LogP contribution < -0.4 is 4.74 Å². The Hall–Kier alpha value is -1.32. The predicted octanol–water partition coefficient (Wildman–Crippen LogP) is 8.00. The minimum absolute atomic E-state index is 0.0438. The maximum Gasteiger partial charge on any atom is 0.398 e. The highest BCUT2D eigenvalue weighted by Crippen LogP contribution is 2.58. The summed E-state index contributed by atoms with van der Waals surface area (Å²) in [5.74, 6) is -6.47. The highest BCUT2D eigenvalue weighted by molar-refractivity contribution is 14.1. The van der Waals surface area contributed by atoms with E-state index in [0.29, 0.717) is 5.75 Å². The van der Waals surface area contributed by atoms with Crippen molar-refractivity contribution in [1.82, 2.24) is 0 Å². The molecule has 0 aromatic heterocycles. The number of rotatable bonds is 9. The minimum Gasteiger partial charge on any atom is -0.491 e. The molecule has 44 heavy (non-hydrogen) atoms. The van der Waals surface area contributed by atoms with Crippen molar-refractivity contribution in [3.05, 3.63) is 93.6 Å². The number of hydrogen-bond acceptors (Lipinski definition) is 5. The van der Waals surface area contributed by atoms with E-state index < -0.39 is 64.2 Å². The summed E-state index contributed by atoms with van der Waals surface area (Å²) >= 11 is 6.49. The van der Waals surface area contributed by atoms with Crippen molar-refractivity contribution in [2.75, 3.05) is 13.2 Å². The molecule has 6 nitrogen and oxygen atoms in total. The summed E-state index contributed by atoms with van der Waals surface area (Å²) in [7, 11) is -6.39. The lowest BCUT2D eigenvalue weighted by Gasteiger charge is -2.49. The molecule has 6 rings (SSSR count). The van der Waals surface area contributed by atoms with E-state index in [9.17, 15) is 35.2 Å². The number of esters is 1. The molecule has 3 unspecified atom stereocenters. The molecule has 2 bridgehead atoms. The van der Waals surface area contributed by atoms with E-state index in [1.54, 1.807) is 0 Å². The zero-order chi connectivity index (χ0) is 32.2. The number of ether oxygens (including phenoxy) is 2. The number of alkyl halides is 5. The molecule has 0 aliphatic heterocycles. The first-order valence-electron chi connectivity index (χ1n) is 13.1. The standard InChI is InChI=1S/C29H22F5I3O6S/c30-28(31,32)22(29(33,34)44(39,40)41)9-10-42-27(38)25-19(13-43-26-20(36)11-14(35)12-21(26)37)23-15-5-1-3-7-17(15)24(25)18-8-4-2-6-16(18)23/h1-8,11-12,19,22-25H,9-10,13H2,(H,39,40,41). The summed E-state index contributed by atoms with van der Waals surface area (Å²) in [5, 5.41) is -5.53. The molecule has 3 aliphatic carbocycles. The third-order valence-corrected chi connectivity index (χ3v) is 11.2. The van der Waals surface area contributed by atoms with Crippen molar-refractivity contribution in [3.63, 3.8) is 0 Å². The molecular formula is C29H22F5I3O6S. The molecule has 0 radical (unpaired) electrons. The average molecular weight is 974 g/mol. The van der Waals surface area contributed by atoms with Crippen LogP contribution in [-0.4, -0.2) is 43.6 Å². The first-order chi connectivity index (χ1) is 20.5. The van der Waals surface area contributed by atoms with Crippen molar-refractivity contribution in [2.45, 2.75) is 29.7 Å². The maximum absolute atomic E-state index is 14.1. The van der Waals surface area contributed by atoms with Gasteiger partial charge in [0.05, 0.1) is 26.3 Å². The maximum atomic E-state index is 14.1. The van der Waals surface area contributed by atoms with Gasteiger partial charge in [0.2, 0.25) is 0 Å². The number of fused-ring (bicyclic) bond motifs is 1. The lowest BCUT2D eigenvalue weighted by molar-refractivity contribution is -0.223. The summed E-state index contributed by atoms with van der Waals surface area (Å²) in [4.78, 5) is 13.8. The van der Waals surface area contributed by atoms with Gasteiger partial charge < -0.3 is 9.47 Å². The van der Waals surface area contributed by atoms with Gasteiger partial charge in [-0.3, -0.25) is 9.35 Å². The minimum atomic E-state index is -6.39. The Bertz CT molecular complexity index is 1630. The number of carbonyl (C=O) groups is 1. The Morgan fingerprint density at radius 1 is 0.864 bits per heavy atom. The second kappa shape index (κ2) is 12.7. The number of halogens is 8. The molecule has 15 heteroatoms. The van der Waals surface area contributed by atoms with Crippen molar-refractivity contribution < 1.29 is 49.2 Å². The van der Waals surface area contributed by atoms with Crippen molar-refractivity contribution in [2.24, 2.45) is 17.8 Å². The molecule has 1 N–H and O–H groups in total. The molecule has 0 saturated heterocycles. The van der Waals surface area contributed by atoms with Crippen LogP contribution in [0, 0.1) is 28.5 Å². The van der Waals surface area contributed by atoms with Crippen LogP contribution in [0.2, 0.25) is 0 Å². The second-order valence-corrected chi connectivity index (χ2v) is 15.6. The van der Waals surface area contributed by atoms with Crippen molar-refractivity contribution in [3.8, 4) is 5.75 Å². The molecular weight excluding hydrogens is 952 g/mol. The largest absolute Gasteiger partial charge is 0.491 e. The van der Waals surface area contributed by atoms with Crippen molar-refractivity contribution in [1.29, 1.82) is 0 Å². The summed E-state index contributed by atoms with van der Waals surface area (Å²) < 4.78 is 114. The van der Waals surface area contributed by atoms with Gasteiger partial charge >= 0.3 is 27.5 Å².